The predicted octanol–water partition coefficient (Wildman–Crippen LogP) is 3.28. The molecule has 0 saturated carbocycles. The number of alkyl halides is 3. The Morgan fingerprint density at radius 2 is 1.82 bits per heavy atom. The van der Waals surface area contributed by atoms with E-state index in [4.69, 9.17) is 10.5 Å². The summed E-state index contributed by atoms with van der Waals surface area (Å²) in [5.41, 5.74) is 5.15. The zero-order valence-corrected chi connectivity index (χ0v) is 9.79. The van der Waals surface area contributed by atoms with Crippen molar-refractivity contribution in [2.45, 2.75) is 26.1 Å². The first-order valence-corrected chi connectivity index (χ1v) is 5.36. The standard InChI is InChI=1S/C12H16F3NO/c1-8(2)7-17-10-6-4-3-5-9(10)11(16)12(13,14)15/h3-6,8,11H,7,16H2,1-2H3/t11-/m1/s1. The molecule has 0 aromatic heterocycles. The quantitative estimate of drug-likeness (QED) is 0.886. The summed E-state index contributed by atoms with van der Waals surface area (Å²) < 4.78 is 42.9. The molecule has 0 aliphatic heterocycles. The molecule has 0 radical (unpaired) electrons. The van der Waals surface area contributed by atoms with Crippen LogP contribution >= 0.6 is 0 Å². The number of nitrogens with two attached hydrogens (primary N) is 1. The molecule has 96 valence electrons. The normalized spacial score (nSPS) is 13.8. The van der Waals surface area contributed by atoms with Crippen LogP contribution in [0.3, 0.4) is 0 Å². The molecule has 0 saturated heterocycles. The number of rotatable bonds is 4. The Hall–Kier alpha value is -1.23. The van der Waals surface area contributed by atoms with Crippen LogP contribution in [0.15, 0.2) is 24.3 Å². The van der Waals surface area contributed by atoms with Crippen LogP contribution < -0.4 is 10.5 Å². The molecule has 17 heavy (non-hydrogen) atoms. The van der Waals surface area contributed by atoms with Crippen LogP contribution in [0.5, 0.6) is 5.75 Å². The molecular weight excluding hydrogens is 231 g/mol. The van der Waals surface area contributed by atoms with Crippen molar-refractivity contribution >= 4 is 0 Å². The van der Waals surface area contributed by atoms with E-state index in [0.717, 1.165) is 0 Å². The molecule has 1 rings (SSSR count). The Kier molecular flexibility index (Phi) is 4.40. The molecule has 0 amide bonds. The van der Waals surface area contributed by atoms with E-state index in [9.17, 15) is 13.2 Å². The Balaban J connectivity index is 2.91. The summed E-state index contributed by atoms with van der Waals surface area (Å²) in [7, 11) is 0. The van der Waals surface area contributed by atoms with Crippen molar-refractivity contribution in [3.63, 3.8) is 0 Å². The highest BCUT2D eigenvalue weighted by molar-refractivity contribution is 5.36. The van der Waals surface area contributed by atoms with E-state index in [1.165, 1.54) is 18.2 Å². The van der Waals surface area contributed by atoms with Crippen LogP contribution in [0.4, 0.5) is 13.2 Å². The van der Waals surface area contributed by atoms with Crippen LogP contribution in [-0.2, 0) is 0 Å². The smallest absolute Gasteiger partial charge is 0.407 e. The monoisotopic (exact) mass is 247 g/mol. The van der Waals surface area contributed by atoms with Crippen molar-refractivity contribution in [1.82, 2.24) is 0 Å². The summed E-state index contributed by atoms with van der Waals surface area (Å²) in [6.07, 6.45) is -4.46. The molecule has 0 fully saturated rings. The maximum absolute atomic E-state index is 12.5. The highest BCUT2D eigenvalue weighted by atomic mass is 19.4. The lowest BCUT2D eigenvalue weighted by molar-refractivity contribution is -0.149. The first-order valence-electron chi connectivity index (χ1n) is 5.36. The van der Waals surface area contributed by atoms with Crippen LogP contribution in [0, 0.1) is 5.92 Å². The van der Waals surface area contributed by atoms with Crippen molar-refractivity contribution in [2.75, 3.05) is 6.61 Å². The van der Waals surface area contributed by atoms with Gasteiger partial charge >= 0.3 is 6.18 Å². The summed E-state index contributed by atoms with van der Waals surface area (Å²) in [6, 6.07) is 3.98. The molecule has 1 aromatic rings. The highest BCUT2D eigenvalue weighted by Gasteiger charge is 2.39. The second-order valence-electron chi connectivity index (χ2n) is 4.26. The van der Waals surface area contributed by atoms with E-state index in [-0.39, 0.29) is 17.2 Å². The maximum atomic E-state index is 12.5. The third-order valence-electron chi connectivity index (χ3n) is 2.18. The number of hydrogen-bond donors (Lipinski definition) is 1. The molecule has 1 aromatic carbocycles. The van der Waals surface area contributed by atoms with Gasteiger partial charge in [0, 0.05) is 5.56 Å². The lowest BCUT2D eigenvalue weighted by Gasteiger charge is -2.19. The summed E-state index contributed by atoms with van der Waals surface area (Å²) in [6.45, 7) is 4.21. The Morgan fingerprint density at radius 3 is 2.35 bits per heavy atom. The van der Waals surface area contributed by atoms with Crippen LogP contribution in [-0.4, -0.2) is 12.8 Å². The lowest BCUT2D eigenvalue weighted by Crippen LogP contribution is -2.29. The predicted molar refractivity (Wildman–Crippen MR) is 59.8 cm³/mol. The highest BCUT2D eigenvalue weighted by Crippen LogP contribution is 2.35. The third kappa shape index (κ3) is 3.93. The number of benzene rings is 1. The topological polar surface area (TPSA) is 35.2 Å². The molecule has 5 heteroatoms. The van der Waals surface area contributed by atoms with Gasteiger partial charge in [0.15, 0.2) is 0 Å². The van der Waals surface area contributed by atoms with Gasteiger partial charge in [-0.2, -0.15) is 13.2 Å². The SMILES string of the molecule is CC(C)COc1ccccc1[C@@H](N)C(F)(F)F. The number of para-hydroxylation sites is 1. The van der Waals surface area contributed by atoms with Gasteiger partial charge in [-0.1, -0.05) is 32.0 Å². The van der Waals surface area contributed by atoms with Gasteiger partial charge in [0.2, 0.25) is 0 Å². The summed E-state index contributed by atoms with van der Waals surface area (Å²) >= 11 is 0. The minimum Gasteiger partial charge on any atom is -0.493 e. The van der Waals surface area contributed by atoms with E-state index in [2.05, 4.69) is 0 Å². The minimum absolute atomic E-state index is 0.0272. The zero-order valence-electron chi connectivity index (χ0n) is 9.79. The molecule has 2 N–H and O–H groups in total. The van der Waals surface area contributed by atoms with Crippen molar-refractivity contribution in [2.24, 2.45) is 11.7 Å². The first kappa shape index (κ1) is 13.8. The van der Waals surface area contributed by atoms with Crippen molar-refractivity contribution in [3.05, 3.63) is 29.8 Å². The fourth-order valence-electron chi connectivity index (χ4n) is 1.30. The fourth-order valence-corrected chi connectivity index (χ4v) is 1.30. The van der Waals surface area contributed by atoms with Crippen LogP contribution in [0.25, 0.3) is 0 Å². The first-order chi connectivity index (χ1) is 7.82. The van der Waals surface area contributed by atoms with Gasteiger partial charge in [0.25, 0.3) is 0 Å². The summed E-state index contributed by atoms with van der Waals surface area (Å²) in [4.78, 5) is 0. The van der Waals surface area contributed by atoms with E-state index in [0.29, 0.717) is 6.61 Å². The second kappa shape index (κ2) is 5.40. The number of ether oxygens (including phenoxy) is 1. The van der Waals surface area contributed by atoms with E-state index in [1.54, 1.807) is 6.07 Å². The third-order valence-corrected chi connectivity index (χ3v) is 2.18. The Morgan fingerprint density at radius 1 is 1.24 bits per heavy atom. The molecule has 1 atom stereocenters. The number of halogens is 3. The lowest BCUT2D eigenvalue weighted by atomic mass is 10.1. The van der Waals surface area contributed by atoms with Gasteiger partial charge < -0.3 is 10.5 Å². The van der Waals surface area contributed by atoms with Crippen LogP contribution in [0.1, 0.15) is 25.5 Å². The van der Waals surface area contributed by atoms with Crippen molar-refractivity contribution in [1.29, 1.82) is 0 Å². The Labute approximate surface area is 98.6 Å². The zero-order chi connectivity index (χ0) is 13.1. The summed E-state index contributed by atoms with van der Waals surface area (Å²) in [5.74, 6) is 0.441. The summed E-state index contributed by atoms with van der Waals surface area (Å²) in [5, 5.41) is 0. The van der Waals surface area contributed by atoms with Gasteiger partial charge in [0.1, 0.15) is 11.8 Å². The number of hydrogen-bond acceptors (Lipinski definition) is 2. The maximum Gasteiger partial charge on any atom is 0.407 e. The minimum atomic E-state index is -4.46. The molecule has 0 spiro atoms. The van der Waals surface area contributed by atoms with E-state index in [1.807, 2.05) is 13.8 Å². The molecule has 0 bridgehead atoms. The molecule has 0 unspecified atom stereocenters. The Bertz CT molecular complexity index is 363. The molecule has 0 aliphatic carbocycles. The molecule has 0 aliphatic rings. The average Bonchev–Trinajstić information content (AvgIpc) is 2.24. The molecule has 0 heterocycles. The van der Waals surface area contributed by atoms with E-state index < -0.39 is 12.2 Å². The molecular formula is C12H16F3NO. The second-order valence-corrected chi connectivity index (χ2v) is 4.26. The van der Waals surface area contributed by atoms with Gasteiger partial charge in [-0.05, 0) is 12.0 Å². The average molecular weight is 247 g/mol. The van der Waals surface area contributed by atoms with Gasteiger partial charge in [-0.25, -0.2) is 0 Å². The van der Waals surface area contributed by atoms with Gasteiger partial charge in [-0.3, -0.25) is 0 Å². The van der Waals surface area contributed by atoms with Gasteiger partial charge in [-0.15, -0.1) is 0 Å². The largest absolute Gasteiger partial charge is 0.493 e. The van der Waals surface area contributed by atoms with Crippen molar-refractivity contribution < 1.29 is 17.9 Å². The van der Waals surface area contributed by atoms with E-state index >= 15 is 0 Å². The van der Waals surface area contributed by atoms with Crippen molar-refractivity contribution in [3.8, 4) is 5.75 Å². The fraction of sp³-hybridized carbons (Fsp3) is 0.500. The van der Waals surface area contributed by atoms with Gasteiger partial charge in [0.05, 0.1) is 6.61 Å². The molecule has 2 nitrogen and oxygen atoms in total. The van der Waals surface area contributed by atoms with Crippen LogP contribution in [0.2, 0.25) is 0 Å².